The standard InChI is InChI=1S/C14H15N3O2/c1-9-8-15-13-11(16-14(18)19)7-6-10-4-2-3-5-12(10)17(9)13/h2-5,8,11,16H,6-7H2,1H3,(H,18,19). The van der Waals surface area contributed by atoms with E-state index in [-0.39, 0.29) is 6.04 Å². The van der Waals surface area contributed by atoms with Gasteiger partial charge in [-0.25, -0.2) is 9.78 Å². The summed E-state index contributed by atoms with van der Waals surface area (Å²) < 4.78 is 2.04. The fourth-order valence-corrected chi connectivity index (χ4v) is 2.67. The summed E-state index contributed by atoms with van der Waals surface area (Å²) >= 11 is 0. The molecule has 5 nitrogen and oxygen atoms in total. The van der Waals surface area contributed by atoms with Crippen LogP contribution >= 0.6 is 0 Å². The van der Waals surface area contributed by atoms with Crippen LogP contribution in [0.1, 0.15) is 29.5 Å². The SMILES string of the molecule is Cc1cnc2n1-c1ccccc1CCC2NC(=O)O. The van der Waals surface area contributed by atoms with Gasteiger partial charge in [0.05, 0.1) is 11.7 Å². The lowest BCUT2D eigenvalue weighted by Crippen LogP contribution is -2.28. The second-order valence-electron chi connectivity index (χ2n) is 4.76. The molecular weight excluding hydrogens is 242 g/mol. The quantitative estimate of drug-likeness (QED) is 0.824. The van der Waals surface area contributed by atoms with Gasteiger partial charge in [0.15, 0.2) is 0 Å². The Labute approximate surface area is 110 Å². The van der Waals surface area contributed by atoms with E-state index in [1.54, 1.807) is 6.20 Å². The summed E-state index contributed by atoms with van der Waals surface area (Å²) in [7, 11) is 0. The number of carbonyl (C=O) groups is 1. The maximum Gasteiger partial charge on any atom is 0.405 e. The Bertz CT molecular complexity index is 633. The number of rotatable bonds is 1. The number of aromatic nitrogens is 2. The molecule has 1 aromatic heterocycles. The van der Waals surface area contributed by atoms with Crippen molar-refractivity contribution in [3.05, 3.63) is 47.5 Å². The van der Waals surface area contributed by atoms with Crippen LogP contribution in [0.25, 0.3) is 5.69 Å². The second kappa shape index (κ2) is 4.42. The van der Waals surface area contributed by atoms with Crippen molar-refractivity contribution in [3.8, 4) is 5.69 Å². The van der Waals surface area contributed by atoms with Gasteiger partial charge in [0.2, 0.25) is 0 Å². The van der Waals surface area contributed by atoms with Crippen LogP contribution in [0.4, 0.5) is 4.79 Å². The van der Waals surface area contributed by atoms with Gasteiger partial charge in [0, 0.05) is 11.9 Å². The van der Waals surface area contributed by atoms with Crippen molar-refractivity contribution >= 4 is 6.09 Å². The molecule has 1 amide bonds. The second-order valence-corrected chi connectivity index (χ2v) is 4.76. The number of nitrogens with zero attached hydrogens (tertiary/aromatic N) is 2. The molecule has 0 saturated heterocycles. The number of hydrogen-bond acceptors (Lipinski definition) is 2. The maximum absolute atomic E-state index is 10.9. The summed E-state index contributed by atoms with van der Waals surface area (Å²) in [6, 6.07) is 7.87. The average molecular weight is 257 g/mol. The van der Waals surface area contributed by atoms with Gasteiger partial charge in [0.1, 0.15) is 5.82 Å². The van der Waals surface area contributed by atoms with Gasteiger partial charge >= 0.3 is 6.09 Å². The zero-order chi connectivity index (χ0) is 13.4. The summed E-state index contributed by atoms with van der Waals surface area (Å²) in [6.07, 6.45) is 2.33. The van der Waals surface area contributed by atoms with E-state index in [0.29, 0.717) is 0 Å². The molecule has 19 heavy (non-hydrogen) atoms. The number of amides is 1. The highest BCUT2D eigenvalue weighted by Gasteiger charge is 2.25. The third-order valence-electron chi connectivity index (χ3n) is 3.51. The van der Waals surface area contributed by atoms with E-state index in [9.17, 15) is 4.79 Å². The lowest BCUT2D eigenvalue weighted by Gasteiger charge is -2.15. The molecule has 5 heteroatoms. The highest BCUT2D eigenvalue weighted by Crippen LogP contribution is 2.30. The molecule has 1 aromatic carbocycles. The van der Waals surface area contributed by atoms with Crippen LogP contribution in [-0.4, -0.2) is 20.8 Å². The summed E-state index contributed by atoms with van der Waals surface area (Å²) in [5.41, 5.74) is 3.34. The first-order valence-electron chi connectivity index (χ1n) is 6.29. The molecule has 0 fully saturated rings. The van der Waals surface area contributed by atoms with Crippen molar-refractivity contribution in [2.45, 2.75) is 25.8 Å². The van der Waals surface area contributed by atoms with Crippen molar-refractivity contribution in [1.82, 2.24) is 14.9 Å². The number of aryl methyl sites for hydroxylation is 2. The number of para-hydroxylation sites is 1. The Kier molecular flexibility index (Phi) is 2.74. The predicted molar refractivity (Wildman–Crippen MR) is 70.5 cm³/mol. The Morgan fingerprint density at radius 2 is 2.26 bits per heavy atom. The molecule has 2 heterocycles. The highest BCUT2D eigenvalue weighted by atomic mass is 16.4. The average Bonchev–Trinajstić information content (AvgIpc) is 2.68. The normalized spacial score (nSPS) is 17.2. The molecule has 1 aliphatic heterocycles. The number of fused-ring (bicyclic) bond motifs is 3. The molecule has 1 atom stereocenters. The van der Waals surface area contributed by atoms with E-state index in [2.05, 4.69) is 22.4 Å². The monoisotopic (exact) mass is 257 g/mol. The van der Waals surface area contributed by atoms with Crippen LogP contribution in [0.3, 0.4) is 0 Å². The maximum atomic E-state index is 10.9. The van der Waals surface area contributed by atoms with Crippen molar-refractivity contribution < 1.29 is 9.90 Å². The first-order chi connectivity index (χ1) is 9.16. The van der Waals surface area contributed by atoms with Crippen LogP contribution < -0.4 is 5.32 Å². The fraction of sp³-hybridized carbons (Fsp3) is 0.286. The van der Waals surface area contributed by atoms with Crippen molar-refractivity contribution in [1.29, 1.82) is 0 Å². The number of carboxylic acid groups (broad SMARTS) is 1. The topological polar surface area (TPSA) is 67.2 Å². The molecule has 0 aliphatic carbocycles. The third kappa shape index (κ3) is 1.97. The van der Waals surface area contributed by atoms with Gasteiger partial charge in [-0.2, -0.15) is 0 Å². The van der Waals surface area contributed by atoms with Crippen LogP contribution in [0, 0.1) is 6.92 Å². The van der Waals surface area contributed by atoms with E-state index in [4.69, 9.17) is 5.11 Å². The molecule has 0 radical (unpaired) electrons. The molecule has 1 aliphatic rings. The Hall–Kier alpha value is -2.30. The molecule has 0 bridgehead atoms. The minimum absolute atomic E-state index is 0.265. The van der Waals surface area contributed by atoms with Crippen LogP contribution in [0.5, 0.6) is 0 Å². The minimum atomic E-state index is -1.01. The highest BCUT2D eigenvalue weighted by molar-refractivity contribution is 5.65. The Morgan fingerprint density at radius 1 is 1.47 bits per heavy atom. The van der Waals surface area contributed by atoms with E-state index in [1.165, 1.54) is 5.56 Å². The zero-order valence-electron chi connectivity index (χ0n) is 10.6. The smallest absolute Gasteiger partial charge is 0.405 e. The molecule has 98 valence electrons. The van der Waals surface area contributed by atoms with E-state index >= 15 is 0 Å². The summed E-state index contributed by atoms with van der Waals surface area (Å²) in [6.45, 7) is 1.98. The fourth-order valence-electron chi connectivity index (χ4n) is 2.67. The first-order valence-corrected chi connectivity index (χ1v) is 6.29. The number of nitrogens with one attached hydrogen (secondary N) is 1. The van der Waals surface area contributed by atoms with Gasteiger partial charge in [-0.15, -0.1) is 0 Å². The molecule has 2 aromatic rings. The summed E-state index contributed by atoms with van der Waals surface area (Å²) in [5, 5.41) is 11.5. The zero-order valence-corrected chi connectivity index (χ0v) is 10.6. The Morgan fingerprint density at radius 3 is 3.05 bits per heavy atom. The van der Waals surface area contributed by atoms with Gasteiger partial charge in [-0.1, -0.05) is 18.2 Å². The van der Waals surface area contributed by atoms with Crippen molar-refractivity contribution in [2.75, 3.05) is 0 Å². The third-order valence-corrected chi connectivity index (χ3v) is 3.51. The molecule has 0 saturated carbocycles. The first kappa shape index (κ1) is 11.8. The van der Waals surface area contributed by atoms with Gasteiger partial charge < -0.3 is 10.4 Å². The van der Waals surface area contributed by atoms with Crippen LogP contribution in [0.2, 0.25) is 0 Å². The number of imidazole rings is 1. The lowest BCUT2D eigenvalue weighted by atomic mass is 10.1. The van der Waals surface area contributed by atoms with E-state index < -0.39 is 6.09 Å². The van der Waals surface area contributed by atoms with Gasteiger partial charge in [-0.3, -0.25) is 4.57 Å². The molecule has 1 unspecified atom stereocenters. The number of benzene rings is 1. The minimum Gasteiger partial charge on any atom is -0.465 e. The lowest BCUT2D eigenvalue weighted by molar-refractivity contribution is 0.188. The summed E-state index contributed by atoms with van der Waals surface area (Å²) in [5.74, 6) is 0.768. The predicted octanol–water partition coefficient (Wildman–Crippen LogP) is 2.44. The van der Waals surface area contributed by atoms with Gasteiger partial charge in [-0.05, 0) is 31.4 Å². The molecule has 3 rings (SSSR count). The largest absolute Gasteiger partial charge is 0.465 e. The molecule has 2 N–H and O–H groups in total. The van der Waals surface area contributed by atoms with Crippen LogP contribution in [0.15, 0.2) is 30.5 Å². The van der Waals surface area contributed by atoms with E-state index in [0.717, 1.165) is 30.0 Å². The summed E-state index contributed by atoms with van der Waals surface area (Å²) in [4.78, 5) is 15.3. The van der Waals surface area contributed by atoms with Crippen molar-refractivity contribution in [2.24, 2.45) is 0 Å². The van der Waals surface area contributed by atoms with E-state index in [1.807, 2.05) is 23.6 Å². The molecule has 0 spiro atoms. The Balaban J connectivity index is 2.15. The van der Waals surface area contributed by atoms with Crippen molar-refractivity contribution in [3.63, 3.8) is 0 Å². The molecular formula is C14H15N3O2. The number of hydrogen-bond donors (Lipinski definition) is 2. The van der Waals surface area contributed by atoms with Crippen LogP contribution in [-0.2, 0) is 6.42 Å². The van der Waals surface area contributed by atoms with Gasteiger partial charge in [0.25, 0.3) is 0 Å².